The molecule has 1 unspecified atom stereocenters. The number of hydrogen-bond acceptors (Lipinski definition) is 4. The third-order valence-electron chi connectivity index (χ3n) is 2.40. The molecule has 0 aliphatic carbocycles. The second kappa shape index (κ2) is 4.37. The van der Waals surface area contributed by atoms with E-state index in [-0.39, 0.29) is 0 Å². The lowest BCUT2D eigenvalue weighted by Crippen LogP contribution is -2.40. The molecule has 5 heteroatoms. The van der Waals surface area contributed by atoms with Gasteiger partial charge in [-0.25, -0.2) is 0 Å². The molecule has 0 N–H and O–H groups in total. The van der Waals surface area contributed by atoms with Crippen LogP contribution in [0.4, 0.5) is 5.13 Å². The molecule has 1 saturated heterocycles. The van der Waals surface area contributed by atoms with Crippen molar-refractivity contribution in [3.63, 3.8) is 0 Å². The van der Waals surface area contributed by atoms with Gasteiger partial charge in [-0.05, 0) is 19.3 Å². The fourth-order valence-electron chi connectivity index (χ4n) is 1.71. The van der Waals surface area contributed by atoms with Crippen LogP contribution in [0.15, 0.2) is 5.51 Å². The first-order valence-electron chi connectivity index (χ1n) is 4.50. The van der Waals surface area contributed by atoms with Crippen LogP contribution in [0.2, 0.25) is 0 Å². The molecule has 0 radical (unpaired) electrons. The highest BCUT2D eigenvalue weighted by Crippen LogP contribution is 2.26. The van der Waals surface area contributed by atoms with Crippen molar-refractivity contribution >= 4 is 32.4 Å². The summed E-state index contributed by atoms with van der Waals surface area (Å²) in [6.45, 7) is 1.13. The zero-order valence-corrected chi connectivity index (χ0v) is 9.72. The third-order valence-corrected chi connectivity index (χ3v) is 3.87. The van der Waals surface area contributed by atoms with Gasteiger partial charge in [0.25, 0.3) is 0 Å². The van der Waals surface area contributed by atoms with Crippen molar-refractivity contribution in [1.82, 2.24) is 10.2 Å². The second-order valence-corrected chi connectivity index (χ2v) is 4.68. The molecule has 1 aromatic heterocycles. The first-order chi connectivity index (χ1) is 6.42. The molecule has 1 fully saturated rings. The molecule has 2 heterocycles. The number of rotatable bonds is 2. The number of nitrogens with zero attached hydrogens (tertiary/aromatic N) is 3. The monoisotopic (exact) mass is 261 g/mol. The Morgan fingerprint density at radius 2 is 2.54 bits per heavy atom. The molecule has 0 saturated carbocycles. The van der Waals surface area contributed by atoms with Crippen LogP contribution < -0.4 is 4.90 Å². The zero-order valence-electron chi connectivity index (χ0n) is 7.32. The quantitative estimate of drug-likeness (QED) is 0.766. The Morgan fingerprint density at radius 3 is 3.23 bits per heavy atom. The van der Waals surface area contributed by atoms with Crippen LogP contribution in [0.1, 0.15) is 19.3 Å². The summed E-state index contributed by atoms with van der Waals surface area (Å²) in [5.41, 5.74) is 1.80. The van der Waals surface area contributed by atoms with E-state index in [9.17, 15) is 0 Å². The van der Waals surface area contributed by atoms with Gasteiger partial charge in [-0.1, -0.05) is 27.3 Å². The molecule has 1 aliphatic heterocycles. The van der Waals surface area contributed by atoms with Gasteiger partial charge in [-0.15, -0.1) is 10.2 Å². The number of hydrogen-bond donors (Lipinski definition) is 0. The Hall–Kier alpha value is -0.160. The van der Waals surface area contributed by atoms with Crippen LogP contribution in [-0.2, 0) is 0 Å². The van der Waals surface area contributed by atoms with Gasteiger partial charge in [0.1, 0.15) is 5.51 Å². The topological polar surface area (TPSA) is 29.0 Å². The summed E-state index contributed by atoms with van der Waals surface area (Å²) in [5, 5.41) is 10.1. The van der Waals surface area contributed by atoms with Gasteiger partial charge in [-0.2, -0.15) is 0 Å². The van der Waals surface area contributed by atoms with Gasteiger partial charge in [-0.3, -0.25) is 0 Å². The summed E-state index contributed by atoms with van der Waals surface area (Å²) < 4.78 is 0. The Labute approximate surface area is 90.3 Å². The summed E-state index contributed by atoms with van der Waals surface area (Å²) in [6, 6.07) is 0.613. The van der Waals surface area contributed by atoms with Gasteiger partial charge < -0.3 is 4.90 Å². The normalized spacial score (nSPS) is 23.5. The van der Waals surface area contributed by atoms with Gasteiger partial charge >= 0.3 is 0 Å². The van der Waals surface area contributed by atoms with Crippen LogP contribution in [0.25, 0.3) is 0 Å². The fourth-order valence-corrected chi connectivity index (χ4v) is 3.04. The van der Waals surface area contributed by atoms with Gasteiger partial charge in [0.15, 0.2) is 0 Å². The van der Waals surface area contributed by atoms with E-state index < -0.39 is 0 Å². The minimum absolute atomic E-state index is 0.613. The predicted octanol–water partition coefficient (Wildman–Crippen LogP) is 2.29. The molecule has 0 amide bonds. The number of anilines is 1. The molecule has 2 rings (SSSR count). The third kappa shape index (κ3) is 2.02. The van der Waals surface area contributed by atoms with Crippen molar-refractivity contribution in [3.05, 3.63) is 5.51 Å². The number of alkyl halides is 1. The van der Waals surface area contributed by atoms with Crippen molar-refractivity contribution in [2.75, 3.05) is 16.8 Å². The maximum absolute atomic E-state index is 4.11. The molecule has 13 heavy (non-hydrogen) atoms. The lowest BCUT2D eigenvalue weighted by atomic mass is 10.0. The summed E-state index contributed by atoms with van der Waals surface area (Å²) in [5.74, 6) is 0. The Balaban J connectivity index is 2.11. The molecule has 0 bridgehead atoms. The van der Waals surface area contributed by atoms with Crippen LogP contribution in [0, 0.1) is 0 Å². The molecule has 72 valence electrons. The van der Waals surface area contributed by atoms with E-state index in [1.54, 1.807) is 16.8 Å². The van der Waals surface area contributed by atoms with Gasteiger partial charge in [0, 0.05) is 17.9 Å². The summed E-state index contributed by atoms with van der Waals surface area (Å²) >= 11 is 5.18. The molecule has 0 aromatic carbocycles. The maximum atomic E-state index is 4.11. The highest BCUT2D eigenvalue weighted by molar-refractivity contribution is 9.09. The average Bonchev–Trinajstić information content (AvgIpc) is 2.70. The molecule has 1 atom stereocenters. The van der Waals surface area contributed by atoms with E-state index >= 15 is 0 Å². The van der Waals surface area contributed by atoms with E-state index in [0.29, 0.717) is 6.04 Å². The molecule has 3 nitrogen and oxygen atoms in total. The highest BCUT2D eigenvalue weighted by Gasteiger charge is 2.23. The van der Waals surface area contributed by atoms with Crippen molar-refractivity contribution in [3.8, 4) is 0 Å². The Morgan fingerprint density at radius 1 is 1.62 bits per heavy atom. The first kappa shape index (κ1) is 9.40. The van der Waals surface area contributed by atoms with Crippen LogP contribution in [0.5, 0.6) is 0 Å². The molecule has 1 aromatic rings. The standard InChI is InChI=1S/C8H12BrN3S/c9-5-7-3-1-2-4-12(7)8-11-10-6-13-8/h6-7H,1-5H2. The zero-order chi connectivity index (χ0) is 9.10. The summed E-state index contributed by atoms with van der Waals surface area (Å²) in [6.07, 6.45) is 3.89. The minimum atomic E-state index is 0.613. The molecular formula is C8H12BrN3S. The summed E-state index contributed by atoms with van der Waals surface area (Å²) in [7, 11) is 0. The van der Waals surface area contributed by atoms with Gasteiger partial charge in [0.2, 0.25) is 5.13 Å². The van der Waals surface area contributed by atoms with Crippen molar-refractivity contribution < 1.29 is 0 Å². The van der Waals surface area contributed by atoms with Gasteiger partial charge in [0.05, 0.1) is 0 Å². The largest absolute Gasteiger partial charge is 0.343 e. The predicted molar refractivity (Wildman–Crippen MR) is 58.7 cm³/mol. The highest BCUT2D eigenvalue weighted by atomic mass is 79.9. The second-order valence-electron chi connectivity index (χ2n) is 3.22. The van der Waals surface area contributed by atoms with E-state index in [2.05, 4.69) is 31.0 Å². The van der Waals surface area contributed by atoms with Crippen molar-refractivity contribution in [1.29, 1.82) is 0 Å². The maximum Gasteiger partial charge on any atom is 0.208 e. The summed E-state index contributed by atoms with van der Waals surface area (Å²) in [4.78, 5) is 2.37. The first-order valence-corrected chi connectivity index (χ1v) is 6.50. The lowest BCUT2D eigenvalue weighted by molar-refractivity contribution is 0.489. The van der Waals surface area contributed by atoms with E-state index in [1.165, 1.54) is 19.3 Å². The van der Waals surface area contributed by atoms with Crippen molar-refractivity contribution in [2.45, 2.75) is 25.3 Å². The van der Waals surface area contributed by atoms with E-state index in [0.717, 1.165) is 17.0 Å². The SMILES string of the molecule is BrCC1CCCCN1c1nncs1. The van der Waals surface area contributed by atoms with Crippen LogP contribution >= 0.6 is 27.3 Å². The van der Waals surface area contributed by atoms with Crippen molar-refractivity contribution in [2.24, 2.45) is 0 Å². The van der Waals surface area contributed by atoms with Crippen LogP contribution in [-0.4, -0.2) is 28.1 Å². The fraction of sp³-hybridized carbons (Fsp3) is 0.750. The number of piperidine rings is 1. The van der Waals surface area contributed by atoms with E-state index in [4.69, 9.17) is 0 Å². The van der Waals surface area contributed by atoms with Crippen LogP contribution in [0.3, 0.4) is 0 Å². The lowest BCUT2D eigenvalue weighted by Gasteiger charge is -2.33. The Bertz CT molecular complexity index is 252. The average molecular weight is 262 g/mol. The number of aromatic nitrogens is 2. The molecule has 0 spiro atoms. The minimum Gasteiger partial charge on any atom is -0.343 e. The number of halogens is 1. The molecule has 1 aliphatic rings. The smallest absolute Gasteiger partial charge is 0.208 e. The Kier molecular flexibility index (Phi) is 3.16. The molecular weight excluding hydrogens is 250 g/mol. The van der Waals surface area contributed by atoms with E-state index in [1.807, 2.05) is 0 Å².